The summed E-state index contributed by atoms with van der Waals surface area (Å²) in [6.45, 7) is 9.82. The van der Waals surface area contributed by atoms with Crippen molar-refractivity contribution in [3.05, 3.63) is 35.6 Å². The molecule has 0 saturated carbocycles. The van der Waals surface area contributed by atoms with E-state index in [4.69, 9.17) is 4.74 Å². The fraction of sp³-hybridized carbons (Fsp3) is 0.647. The summed E-state index contributed by atoms with van der Waals surface area (Å²) in [7, 11) is 0. The van der Waals surface area contributed by atoms with Gasteiger partial charge in [0, 0.05) is 18.2 Å². The first-order valence-corrected chi connectivity index (χ1v) is 7.64. The molecule has 2 unspecified atom stereocenters. The van der Waals surface area contributed by atoms with Gasteiger partial charge in [0.25, 0.3) is 0 Å². The fourth-order valence-corrected chi connectivity index (χ4v) is 2.19. The second-order valence-corrected chi connectivity index (χ2v) is 5.80. The van der Waals surface area contributed by atoms with Gasteiger partial charge < -0.3 is 10.1 Å². The summed E-state index contributed by atoms with van der Waals surface area (Å²) < 4.78 is 19.9. The molecule has 1 aromatic carbocycles. The van der Waals surface area contributed by atoms with E-state index in [1.165, 1.54) is 6.07 Å². The van der Waals surface area contributed by atoms with Crippen molar-refractivity contribution in [3.63, 3.8) is 0 Å². The highest BCUT2D eigenvalue weighted by Crippen LogP contribution is 2.21. The summed E-state index contributed by atoms with van der Waals surface area (Å²) in [4.78, 5) is 0. The second-order valence-electron chi connectivity index (χ2n) is 5.80. The van der Waals surface area contributed by atoms with Gasteiger partial charge in [0.15, 0.2) is 0 Å². The summed E-state index contributed by atoms with van der Waals surface area (Å²) in [5, 5.41) is 3.34. The van der Waals surface area contributed by atoms with E-state index in [-0.39, 0.29) is 11.9 Å². The van der Waals surface area contributed by atoms with Crippen LogP contribution in [0.25, 0.3) is 0 Å². The van der Waals surface area contributed by atoms with Crippen molar-refractivity contribution in [2.75, 3.05) is 13.2 Å². The Morgan fingerprint density at radius 3 is 2.50 bits per heavy atom. The van der Waals surface area contributed by atoms with Gasteiger partial charge in [0.2, 0.25) is 0 Å². The predicted molar refractivity (Wildman–Crippen MR) is 82.3 cm³/mol. The quantitative estimate of drug-likeness (QED) is 0.728. The highest BCUT2D eigenvalue weighted by molar-refractivity contribution is 5.20. The molecule has 0 saturated heterocycles. The van der Waals surface area contributed by atoms with Crippen molar-refractivity contribution < 1.29 is 9.13 Å². The molecule has 1 N–H and O–H groups in total. The molecular weight excluding hydrogens is 253 g/mol. The molecule has 0 fully saturated rings. The van der Waals surface area contributed by atoms with E-state index in [1.807, 2.05) is 12.1 Å². The molecule has 20 heavy (non-hydrogen) atoms. The van der Waals surface area contributed by atoms with Gasteiger partial charge in [0.1, 0.15) is 5.82 Å². The molecule has 1 rings (SSSR count). The van der Waals surface area contributed by atoms with Crippen LogP contribution in [0.2, 0.25) is 0 Å². The van der Waals surface area contributed by atoms with E-state index in [1.54, 1.807) is 6.07 Å². The number of rotatable bonds is 9. The van der Waals surface area contributed by atoms with Crippen LogP contribution in [0.15, 0.2) is 24.3 Å². The maximum Gasteiger partial charge on any atom is 0.129 e. The van der Waals surface area contributed by atoms with Crippen LogP contribution in [0.3, 0.4) is 0 Å². The van der Waals surface area contributed by atoms with Gasteiger partial charge in [-0.05, 0) is 18.4 Å². The zero-order chi connectivity index (χ0) is 15.0. The molecule has 3 heteroatoms. The third-order valence-corrected chi connectivity index (χ3v) is 3.33. The number of benzene rings is 1. The average molecular weight is 281 g/mol. The van der Waals surface area contributed by atoms with Gasteiger partial charge in [-0.3, -0.25) is 0 Å². The third kappa shape index (κ3) is 6.02. The van der Waals surface area contributed by atoms with Crippen molar-refractivity contribution >= 4 is 0 Å². The molecule has 0 spiro atoms. The van der Waals surface area contributed by atoms with Crippen LogP contribution in [0.5, 0.6) is 0 Å². The monoisotopic (exact) mass is 281 g/mol. The van der Waals surface area contributed by atoms with Crippen molar-refractivity contribution in [3.8, 4) is 0 Å². The van der Waals surface area contributed by atoms with Gasteiger partial charge in [-0.2, -0.15) is 0 Å². The molecule has 0 aliphatic heterocycles. The Balaban J connectivity index is 2.67. The van der Waals surface area contributed by atoms with Crippen LogP contribution in [-0.2, 0) is 4.74 Å². The van der Waals surface area contributed by atoms with Gasteiger partial charge in [-0.25, -0.2) is 4.39 Å². The molecule has 2 atom stereocenters. The largest absolute Gasteiger partial charge is 0.372 e. The molecule has 0 amide bonds. The molecule has 0 bridgehead atoms. The summed E-state index contributed by atoms with van der Waals surface area (Å²) in [6, 6.07) is 7.25. The Morgan fingerprint density at radius 2 is 1.90 bits per heavy atom. The average Bonchev–Trinajstić information content (AvgIpc) is 2.40. The number of nitrogens with one attached hydrogen (secondary N) is 1. The van der Waals surface area contributed by atoms with E-state index in [0.29, 0.717) is 30.7 Å². The lowest BCUT2D eigenvalue weighted by Gasteiger charge is -2.22. The summed E-state index contributed by atoms with van der Waals surface area (Å²) in [5.41, 5.74) is 0.643. The molecule has 0 aliphatic rings. The highest BCUT2D eigenvalue weighted by atomic mass is 19.1. The van der Waals surface area contributed by atoms with Crippen LogP contribution >= 0.6 is 0 Å². The molecule has 114 valence electrons. The first-order chi connectivity index (χ1) is 9.54. The second kappa shape index (κ2) is 9.09. The maximum absolute atomic E-state index is 13.9. The smallest absolute Gasteiger partial charge is 0.129 e. The van der Waals surface area contributed by atoms with Crippen molar-refractivity contribution in [1.29, 1.82) is 0 Å². The Labute approximate surface area is 122 Å². The van der Waals surface area contributed by atoms with Crippen LogP contribution in [0, 0.1) is 11.7 Å². The molecular formula is C17H28FNO. The van der Waals surface area contributed by atoms with Gasteiger partial charge in [-0.1, -0.05) is 52.3 Å². The predicted octanol–water partition coefficient (Wildman–Crippen LogP) is 4.32. The first-order valence-electron chi connectivity index (χ1n) is 7.64. The van der Waals surface area contributed by atoms with Crippen molar-refractivity contribution in [2.24, 2.45) is 5.92 Å². The van der Waals surface area contributed by atoms with Gasteiger partial charge in [0.05, 0.1) is 12.7 Å². The normalized spacial score (nSPS) is 14.5. The minimum absolute atomic E-state index is 0.189. The molecule has 0 radical (unpaired) electrons. The van der Waals surface area contributed by atoms with Crippen LogP contribution in [0.1, 0.15) is 52.2 Å². The minimum Gasteiger partial charge on any atom is -0.372 e. The lowest BCUT2D eigenvalue weighted by Crippen LogP contribution is -2.30. The molecule has 0 aliphatic carbocycles. The van der Waals surface area contributed by atoms with E-state index in [0.717, 1.165) is 12.8 Å². The molecule has 2 nitrogen and oxygen atoms in total. The Kier molecular flexibility index (Phi) is 7.78. The van der Waals surface area contributed by atoms with Gasteiger partial charge in [-0.15, -0.1) is 0 Å². The summed E-state index contributed by atoms with van der Waals surface area (Å²) >= 11 is 0. The van der Waals surface area contributed by atoms with E-state index >= 15 is 0 Å². The van der Waals surface area contributed by atoms with E-state index < -0.39 is 0 Å². The number of hydrogen-bond donors (Lipinski definition) is 1. The standard InChI is InChI=1S/C17H28FNO/c1-5-8-14(4)12-20-17(11-19-13(2)3)15-9-6-7-10-16(15)18/h6-7,9-10,13-14,17,19H,5,8,11-12H2,1-4H3. The topological polar surface area (TPSA) is 21.3 Å². The number of halogens is 1. The lowest BCUT2D eigenvalue weighted by molar-refractivity contribution is 0.0269. The van der Waals surface area contributed by atoms with E-state index in [2.05, 4.69) is 33.0 Å². The summed E-state index contributed by atoms with van der Waals surface area (Å²) in [6.07, 6.45) is 2.07. The Bertz CT molecular complexity index is 381. The number of hydrogen-bond acceptors (Lipinski definition) is 2. The third-order valence-electron chi connectivity index (χ3n) is 3.33. The molecule has 0 heterocycles. The SMILES string of the molecule is CCCC(C)COC(CNC(C)C)c1ccccc1F. The van der Waals surface area contributed by atoms with Crippen LogP contribution in [0.4, 0.5) is 4.39 Å². The first kappa shape index (κ1) is 17.1. The maximum atomic E-state index is 13.9. The van der Waals surface area contributed by atoms with E-state index in [9.17, 15) is 4.39 Å². The number of ether oxygens (including phenoxy) is 1. The highest BCUT2D eigenvalue weighted by Gasteiger charge is 2.17. The molecule has 1 aromatic rings. The summed E-state index contributed by atoms with van der Waals surface area (Å²) in [5.74, 6) is 0.319. The van der Waals surface area contributed by atoms with Crippen molar-refractivity contribution in [1.82, 2.24) is 5.32 Å². The lowest BCUT2D eigenvalue weighted by atomic mass is 10.1. The zero-order valence-corrected chi connectivity index (χ0v) is 13.2. The van der Waals surface area contributed by atoms with Gasteiger partial charge >= 0.3 is 0 Å². The molecule has 0 aromatic heterocycles. The van der Waals surface area contributed by atoms with Crippen molar-refractivity contribution in [2.45, 2.75) is 52.7 Å². The Hall–Kier alpha value is -0.930. The fourth-order valence-electron chi connectivity index (χ4n) is 2.19. The zero-order valence-electron chi connectivity index (χ0n) is 13.2. The Morgan fingerprint density at radius 1 is 1.20 bits per heavy atom. The van der Waals surface area contributed by atoms with Crippen LogP contribution < -0.4 is 5.32 Å². The minimum atomic E-state index is -0.224. The van der Waals surface area contributed by atoms with Crippen LogP contribution in [-0.4, -0.2) is 19.2 Å².